The van der Waals surface area contributed by atoms with Crippen molar-refractivity contribution in [3.63, 3.8) is 0 Å². The first-order chi connectivity index (χ1) is 20.1. The second-order valence-electron chi connectivity index (χ2n) is 9.84. The van der Waals surface area contributed by atoms with Gasteiger partial charge in [-0.15, -0.1) is 0 Å². The zero-order valence-electron chi connectivity index (χ0n) is 21.9. The molecule has 0 atom stereocenters. The zero-order valence-corrected chi connectivity index (χ0v) is 21.9. The minimum atomic E-state index is -0.0253. The number of allylic oxidation sites excluding steroid dienone is 4. The summed E-state index contributed by atoms with van der Waals surface area (Å²) in [6.07, 6.45) is 12.2. The van der Waals surface area contributed by atoms with Crippen LogP contribution in [0.3, 0.4) is 0 Å². The molecule has 6 nitrogen and oxygen atoms in total. The topological polar surface area (TPSA) is 76.0 Å². The van der Waals surface area contributed by atoms with Gasteiger partial charge in [0.2, 0.25) is 0 Å². The molecule has 0 saturated carbocycles. The number of carbonyl (C=O) groups is 2. The van der Waals surface area contributed by atoms with Gasteiger partial charge in [-0.1, -0.05) is 60.7 Å². The minimum absolute atomic E-state index is 0.0187. The standard InChI is InChI=1S/C35H24N4O2/c40-34-17-9-23-5-1-3-7-28(23)30(34)20-36-25-11-14-27(15-12-25)39-22-38-32-19-26(13-16-33(32)39)37-21-31-29-8-4-2-6-24(29)10-18-35(31)41/h1-22,36-37H. The predicted octanol–water partition coefficient (Wildman–Crippen LogP) is 7.12. The van der Waals surface area contributed by atoms with Crippen molar-refractivity contribution in [2.75, 3.05) is 10.6 Å². The predicted molar refractivity (Wildman–Crippen MR) is 165 cm³/mol. The average Bonchev–Trinajstić information content (AvgIpc) is 3.44. The van der Waals surface area contributed by atoms with Crippen molar-refractivity contribution < 1.29 is 9.59 Å². The quantitative estimate of drug-likeness (QED) is 0.236. The Hall–Kier alpha value is -5.75. The molecule has 0 radical (unpaired) electrons. The van der Waals surface area contributed by atoms with Gasteiger partial charge in [0, 0.05) is 40.6 Å². The molecule has 0 amide bonds. The van der Waals surface area contributed by atoms with E-state index in [0.717, 1.165) is 50.3 Å². The third-order valence-corrected chi connectivity index (χ3v) is 7.32. The lowest BCUT2D eigenvalue weighted by Crippen LogP contribution is -2.06. The van der Waals surface area contributed by atoms with Crippen molar-refractivity contribution in [1.82, 2.24) is 9.55 Å². The Kier molecular flexibility index (Phi) is 5.98. The lowest BCUT2D eigenvalue weighted by atomic mass is 9.92. The van der Waals surface area contributed by atoms with Gasteiger partial charge in [-0.2, -0.15) is 0 Å². The van der Waals surface area contributed by atoms with Crippen LogP contribution in [0.15, 0.2) is 122 Å². The number of ketones is 2. The molecule has 2 aliphatic rings. The van der Waals surface area contributed by atoms with E-state index in [1.165, 1.54) is 0 Å². The number of nitrogens with zero attached hydrogens (tertiary/aromatic N) is 2. The summed E-state index contributed by atoms with van der Waals surface area (Å²) >= 11 is 0. The smallest absolute Gasteiger partial charge is 0.187 e. The van der Waals surface area contributed by atoms with Gasteiger partial charge in [0.25, 0.3) is 0 Å². The van der Waals surface area contributed by atoms with Gasteiger partial charge < -0.3 is 10.6 Å². The molecule has 4 aromatic carbocycles. The summed E-state index contributed by atoms with van der Waals surface area (Å²) in [5, 5.41) is 6.55. The van der Waals surface area contributed by atoms with Crippen LogP contribution in [0, 0.1) is 0 Å². The van der Waals surface area contributed by atoms with Crippen molar-refractivity contribution in [3.8, 4) is 5.69 Å². The molecule has 6 heteroatoms. The van der Waals surface area contributed by atoms with Crippen LogP contribution < -0.4 is 10.6 Å². The van der Waals surface area contributed by atoms with Gasteiger partial charge in [0.05, 0.1) is 11.0 Å². The number of aromatic nitrogens is 2. The van der Waals surface area contributed by atoms with Crippen LogP contribution in [0.5, 0.6) is 0 Å². The van der Waals surface area contributed by atoms with Gasteiger partial charge in [0.15, 0.2) is 11.6 Å². The van der Waals surface area contributed by atoms with Gasteiger partial charge >= 0.3 is 0 Å². The third-order valence-electron chi connectivity index (χ3n) is 7.32. The van der Waals surface area contributed by atoms with E-state index >= 15 is 0 Å². The molecule has 2 aliphatic carbocycles. The van der Waals surface area contributed by atoms with Gasteiger partial charge in [-0.25, -0.2) is 4.98 Å². The van der Waals surface area contributed by atoms with Crippen molar-refractivity contribution in [2.24, 2.45) is 0 Å². The molecule has 0 saturated heterocycles. The summed E-state index contributed by atoms with van der Waals surface area (Å²) in [6, 6.07) is 29.6. The maximum Gasteiger partial charge on any atom is 0.187 e. The fraction of sp³-hybridized carbons (Fsp3) is 0. The summed E-state index contributed by atoms with van der Waals surface area (Å²) < 4.78 is 2.03. The fourth-order valence-corrected chi connectivity index (χ4v) is 5.19. The lowest BCUT2D eigenvalue weighted by Gasteiger charge is -2.14. The van der Waals surface area contributed by atoms with E-state index in [1.54, 1.807) is 30.9 Å². The molecular formula is C35H24N4O2. The Morgan fingerprint density at radius 3 is 1.80 bits per heavy atom. The highest BCUT2D eigenvalue weighted by atomic mass is 16.1. The van der Waals surface area contributed by atoms with Gasteiger partial charge in [0.1, 0.15) is 6.33 Å². The molecule has 41 heavy (non-hydrogen) atoms. The van der Waals surface area contributed by atoms with Crippen molar-refractivity contribution in [2.45, 2.75) is 0 Å². The normalized spacial score (nSPS) is 15.8. The van der Waals surface area contributed by atoms with Crippen LogP contribution in [0.4, 0.5) is 11.4 Å². The molecule has 0 unspecified atom stereocenters. The summed E-state index contributed by atoms with van der Waals surface area (Å²) in [6.45, 7) is 0. The van der Waals surface area contributed by atoms with Gasteiger partial charge in [-0.05, 0) is 76.9 Å². The van der Waals surface area contributed by atoms with Crippen LogP contribution >= 0.6 is 0 Å². The van der Waals surface area contributed by atoms with Crippen LogP contribution in [0.25, 0.3) is 40.0 Å². The SMILES string of the molecule is O=C1C=Cc2ccccc2C1=CNc1ccc(-n2cnc3cc(NC=C4C(=O)C=Cc5ccccc54)ccc32)cc1. The minimum Gasteiger partial charge on any atom is -0.361 e. The summed E-state index contributed by atoms with van der Waals surface area (Å²) in [4.78, 5) is 29.6. The Labute approximate surface area is 236 Å². The molecule has 7 rings (SSSR count). The van der Waals surface area contributed by atoms with E-state index in [0.29, 0.717) is 11.1 Å². The number of nitrogens with one attached hydrogen (secondary N) is 2. The summed E-state index contributed by atoms with van der Waals surface area (Å²) in [5.41, 5.74) is 9.64. The number of hydrogen-bond acceptors (Lipinski definition) is 5. The van der Waals surface area contributed by atoms with Crippen molar-refractivity contribution in [3.05, 3.63) is 144 Å². The molecule has 0 spiro atoms. The molecule has 0 fully saturated rings. The summed E-state index contributed by atoms with van der Waals surface area (Å²) in [5.74, 6) is -0.0440. The molecular weight excluding hydrogens is 508 g/mol. The largest absolute Gasteiger partial charge is 0.361 e. The Bertz CT molecular complexity index is 1970. The second-order valence-corrected chi connectivity index (χ2v) is 9.84. The van der Waals surface area contributed by atoms with E-state index in [9.17, 15) is 9.59 Å². The summed E-state index contributed by atoms with van der Waals surface area (Å²) in [7, 11) is 0. The number of anilines is 2. The molecule has 1 aromatic heterocycles. The maximum absolute atomic E-state index is 12.5. The van der Waals surface area contributed by atoms with Gasteiger partial charge in [-0.3, -0.25) is 14.2 Å². The van der Waals surface area contributed by atoms with Crippen molar-refractivity contribution >= 4 is 57.3 Å². The molecule has 5 aromatic rings. The fourth-order valence-electron chi connectivity index (χ4n) is 5.19. The van der Waals surface area contributed by atoms with Crippen LogP contribution in [-0.2, 0) is 9.59 Å². The molecule has 196 valence electrons. The number of rotatable bonds is 5. The zero-order chi connectivity index (χ0) is 27.8. The van der Waals surface area contributed by atoms with Crippen molar-refractivity contribution in [1.29, 1.82) is 0 Å². The highest BCUT2D eigenvalue weighted by molar-refractivity contribution is 6.30. The lowest BCUT2D eigenvalue weighted by molar-refractivity contribution is -0.110. The van der Waals surface area contributed by atoms with E-state index in [1.807, 2.05) is 108 Å². The molecule has 2 N–H and O–H groups in total. The number of fused-ring (bicyclic) bond motifs is 3. The van der Waals surface area contributed by atoms with E-state index in [-0.39, 0.29) is 11.6 Å². The highest BCUT2D eigenvalue weighted by Crippen LogP contribution is 2.29. The Morgan fingerprint density at radius 1 is 0.610 bits per heavy atom. The Morgan fingerprint density at radius 2 is 1.17 bits per heavy atom. The number of carbonyl (C=O) groups excluding carboxylic acids is 2. The first-order valence-electron chi connectivity index (χ1n) is 13.3. The van der Waals surface area contributed by atoms with E-state index < -0.39 is 0 Å². The van der Waals surface area contributed by atoms with Crippen LogP contribution in [-0.4, -0.2) is 21.1 Å². The third kappa shape index (κ3) is 4.57. The highest BCUT2D eigenvalue weighted by Gasteiger charge is 2.17. The first kappa shape index (κ1) is 24.3. The molecule has 1 heterocycles. The van der Waals surface area contributed by atoms with E-state index in [4.69, 9.17) is 0 Å². The van der Waals surface area contributed by atoms with Crippen LogP contribution in [0.1, 0.15) is 22.3 Å². The second kappa shape index (κ2) is 10.1. The van der Waals surface area contributed by atoms with Crippen LogP contribution in [0.2, 0.25) is 0 Å². The number of hydrogen-bond donors (Lipinski definition) is 2. The average molecular weight is 533 g/mol. The number of imidazole rings is 1. The molecule has 0 aliphatic heterocycles. The Balaban J connectivity index is 1.09. The van der Waals surface area contributed by atoms with E-state index in [2.05, 4.69) is 15.6 Å². The number of benzene rings is 4. The molecule has 0 bridgehead atoms. The first-order valence-corrected chi connectivity index (χ1v) is 13.3. The maximum atomic E-state index is 12.5. The monoisotopic (exact) mass is 532 g/mol.